The molecule has 6 heteroatoms. The minimum absolute atomic E-state index is 0.156. The molecular formula is C18H30N4O2. The summed E-state index contributed by atoms with van der Waals surface area (Å²) >= 11 is 0. The molecule has 3 N–H and O–H groups in total. The van der Waals surface area contributed by atoms with Gasteiger partial charge in [-0.2, -0.15) is 0 Å². The van der Waals surface area contributed by atoms with E-state index in [1.165, 1.54) is 31.9 Å². The second-order valence-electron chi connectivity index (χ2n) is 6.64. The minimum Gasteiger partial charge on any atom is -0.459 e. The van der Waals surface area contributed by atoms with Crippen molar-refractivity contribution in [1.82, 2.24) is 16.0 Å². The van der Waals surface area contributed by atoms with Crippen molar-refractivity contribution in [1.29, 1.82) is 0 Å². The first-order chi connectivity index (χ1) is 11.6. The Hall–Kier alpha value is -1.98. The lowest BCUT2D eigenvalue weighted by Gasteiger charge is -2.28. The fourth-order valence-corrected chi connectivity index (χ4v) is 2.98. The highest BCUT2D eigenvalue weighted by molar-refractivity contribution is 5.92. The van der Waals surface area contributed by atoms with Crippen LogP contribution in [0.5, 0.6) is 0 Å². The molecule has 2 rings (SSSR count). The molecule has 0 aromatic carbocycles. The van der Waals surface area contributed by atoms with Crippen molar-refractivity contribution in [3.63, 3.8) is 0 Å². The highest BCUT2D eigenvalue weighted by atomic mass is 16.3. The van der Waals surface area contributed by atoms with Gasteiger partial charge in [0.2, 0.25) is 0 Å². The van der Waals surface area contributed by atoms with Crippen molar-refractivity contribution in [3.05, 3.63) is 23.7 Å². The van der Waals surface area contributed by atoms with Crippen molar-refractivity contribution >= 4 is 11.9 Å². The molecule has 1 aromatic rings. The van der Waals surface area contributed by atoms with E-state index in [1.807, 2.05) is 6.92 Å². The standard InChI is InChI=1S/C18H30N4O2/c1-13-5-7-15(8-6-13)22-18(19-3)21-11-4-10-20-17(23)16-14(2)9-12-24-16/h9,12-13,15H,4-8,10-11H2,1-3H3,(H,20,23)(H2,19,21,22). The molecule has 1 saturated carbocycles. The number of aryl methyl sites for hydroxylation is 1. The van der Waals surface area contributed by atoms with Crippen molar-refractivity contribution in [2.75, 3.05) is 20.1 Å². The Labute approximate surface area is 144 Å². The number of nitrogens with one attached hydrogen (secondary N) is 3. The second-order valence-corrected chi connectivity index (χ2v) is 6.64. The minimum atomic E-state index is -0.156. The average molecular weight is 334 g/mol. The van der Waals surface area contributed by atoms with E-state index in [0.29, 0.717) is 18.3 Å². The maximum atomic E-state index is 11.9. The summed E-state index contributed by atoms with van der Waals surface area (Å²) in [6.07, 6.45) is 7.35. The molecule has 1 aliphatic carbocycles. The van der Waals surface area contributed by atoms with Crippen LogP contribution in [0, 0.1) is 12.8 Å². The van der Waals surface area contributed by atoms with Crippen molar-refractivity contribution in [2.45, 2.75) is 52.0 Å². The van der Waals surface area contributed by atoms with Crippen LogP contribution >= 0.6 is 0 Å². The quantitative estimate of drug-likeness (QED) is 0.424. The van der Waals surface area contributed by atoms with Crippen LogP contribution in [0.3, 0.4) is 0 Å². The molecule has 0 spiro atoms. The van der Waals surface area contributed by atoms with Crippen LogP contribution in [-0.2, 0) is 0 Å². The number of aliphatic imine (C=N–C) groups is 1. The molecule has 6 nitrogen and oxygen atoms in total. The zero-order valence-corrected chi connectivity index (χ0v) is 15.0. The molecule has 24 heavy (non-hydrogen) atoms. The zero-order valence-electron chi connectivity index (χ0n) is 15.0. The SMILES string of the molecule is CN=C(NCCCNC(=O)c1occc1C)NC1CCC(C)CC1. The van der Waals surface area contributed by atoms with Crippen LogP contribution in [0.1, 0.15) is 55.1 Å². The molecule has 0 atom stereocenters. The number of hydrogen-bond acceptors (Lipinski definition) is 3. The first kappa shape index (κ1) is 18.4. The Morgan fingerprint density at radius 3 is 2.58 bits per heavy atom. The van der Waals surface area contributed by atoms with Gasteiger partial charge in [0.1, 0.15) is 0 Å². The average Bonchev–Trinajstić information content (AvgIpc) is 3.01. The summed E-state index contributed by atoms with van der Waals surface area (Å²) in [5.41, 5.74) is 0.858. The summed E-state index contributed by atoms with van der Waals surface area (Å²) in [5.74, 6) is 1.94. The number of amides is 1. The van der Waals surface area contributed by atoms with E-state index in [2.05, 4.69) is 27.9 Å². The van der Waals surface area contributed by atoms with E-state index in [0.717, 1.165) is 30.4 Å². The highest BCUT2D eigenvalue weighted by Gasteiger charge is 2.18. The molecule has 0 aliphatic heterocycles. The molecule has 1 heterocycles. The molecule has 0 radical (unpaired) electrons. The van der Waals surface area contributed by atoms with Gasteiger partial charge in [-0.3, -0.25) is 9.79 Å². The van der Waals surface area contributed by atoms with Gasteiger partial charge in [-0.1, -0.05) is 6.92 Å². The molecule has 1 amide bonds. The van der Waals surface area contributed by atoms with Gasteiger partial charge in [0.25, 0.3) is 5.91 Å². The smallest absolute Gasteiger partial charge is 0.287 e. The van der Waals surface area contributed by atoms with E-state index in [9.17, 15) is 4.79 Å². The van der Waals surface area contributed by atoms with Gasteiger partial charge in [-0.15, -0.1) is 0 Å². The van der Waals surface area contributed by atoms with E-state index in [4.69, 9.17) is 4.42 Å². The number of hydrogen-bond donors (Lipinski definition) is 3. The van der Waals surface area contributed by atoms with Crippen LogP contribution in [-0.4, -0.2) is 38.0 Å². The third kappa shape index (κ3) is 5.58. The Bertz CT molecular complexity index is 545. The maximum Gasteiger partial charge on any atom is 0.287 e. The van der Waals surface area contributed by atoms with Crippen LogP contribution < -0.4 is 16.0 Å². The topological polar surface area (TPSA) is 78.7 Å². The highest BCUT2D eigenvalue weighted by Crippen LogP contribution is 2.23. The largest absolute Gasteiger partial charge is 0.459 e. The molecule has 0 unspecified atom stereocenters. The number of nitrogens with zero attached hydrogens (tertiary/aromatic N) is 1. The molecular weight excluding hydrogens is 304 g/mol. The number of carbonyl (C=O) groups is 1. The van der Waals surface area contributed by atoms with Gasteiger partial charge >= 0.3 is 0 Å². The number of guanidine groups is 1. The zero-order chi connectivity index (χ0) is 17.4. The van der Waals surface area contributed by atoms with Crippen molar-refractivity contribution < 1.29 is 9.21 Å². The molecule has 1 aromatic heterocycles. The Morgan fingerprint density at radius 1 is 1.25 bits per heavy atom. The molecule has 134 valence electrons. The van der Waals surface area contributed by atoms with E-state index in [1.54, 1.807) is 13.1 Å². The van der Waals surface area contributed by atoms with Crippen LogP contribution in [0.4, 0.5) is 0 Å². The predicted molar refractivity (Wildman–Crippen MR) is 96.3 cm³/mol. The summed E-state index contributed by atoms with van der Waals surface area (Å²) in [5, 5.41) is 9.68. The van der Waals surface area contributed by atoms with Crippen LogP contribution in [0.2, 0.25) is 0 Å². The summed E-state index contributed by atoms with van der Waals surface area (Å²) in [6, 6.07) is 2.31. The molecule has 0 bridgehead atoms. The third-order valence-corrected chi connectivity index (χ3v) is 4.58. The van der Waals surface area contributed by atoms with E-state index >= 15 is 0 Å². The van der Waals surface area contributed by atoms with Gasteiger partial charge in [-0.25, -0.2) is 0 Å². The fraction of sp³-hybridized carbons (Fsp3) is 0.667. The Morgan fingerprint density at radius 2 is 1.96 bits per heavy atom. The lowest BCUT2D eigenvalue weighted by Crippen LogP contribution is -2.45. The first-order valence-electron chi connectivity index (χ1n) is 8.89. The predicted octanol–water partition coefficient (Wildman–Crippen LogP) is 2.45. The van der Waals surface area contributed by atoms with Gasteiger partial charge < -0.3 is 20.4 Å². The van der Waals surface area contributed by atoms with E-state index in [-0.39, 0.29) is 5.91 Å². The van der Waals surface area contributed by atoms with Crippen LogP contribution in [0.15, 0.2) is 21.7 Å². The summed E-state index contributed by atoms with van der Waals surface area (Å²) in [4.78, 5) is 16.2. The summed E-state index contributed by atoms with van der Waals surface area (Å²) < 4.78 is 5.17. The molecule has 1 aliphatic rings. The lowest BCUT2D eigenvalue weighted by atomic mass is 9.87. The molecule has 0 saturated heterocycles. The lowest BCUT2D eigenvalue weighted by molar-refractivity contribution is 0.0925. The summed E-state index contributed by atoms with van der Waals surface area (Å²) in [7, 11) is 1.79. The number of furan rings is 1. The maximum absolute atomic E-state index is 11.9. The third-order valence-electron chi connectivity index (χ3n) is 4.58. The van der Waals surface area contributed by atoms with Crippen molar-refractivity contribution in [3.8, 4) is 0 Å². The van der Waals surface area contributed by atoms with Crippen molar-refractivity contribution in [2.24, 2.45) is 10.9 Å². The number of rotatable bonds is 6. The Balaban J connectivity index is 1.60. The van der Waals surface area contributed by atoms with E-state index < -0.39 is 0 Å². The van der Waals surface area contributed by atoms with Gasteiger partial charge in [-0.05, 0) is 51.0 Å². The first-order valence-corrected chi connectivity index (χ1v) is 8.89. The second kappa shape index (κ2) is 9.35. The fourth-order valence-electron chi connectivity index (χ4n) is 2.98. The van der Waals surface area contributed by atoms with Crippen LogP contribution in [0.25, 0.3) is 0 Å². The monoisotopic (exact) mass is 334 g/mol. The van der Waals surface area contributed by atoms with Gasteiger partial charge in [0.15, 0.2) is 11.7 Å². The van der Waals surface area contributed by atoms with Gasteiger partial charge in [0, 0.05) is 31.7 Å². The molecule has 1 fully saturated rings. The number of carbonyl (C=O) groups excluding carboxylic acids is 1. The Kier molecular flexibility index (Phi) is 7.15. The van der Waals surface area contributed by atoms with Gasteiger partial charge in [0.05, 0.1) is 6.26 Å². The summed E-state index contributed by atoms with van der Waals surface area (Å²) in [6.45, 7) is 5.55. The normalized spacial score (nSPS) is 21.4.